The van der Waals surface area contributed by atoms with Crippen LogP contribution in [0.2, 0.25) is 0 Å². The molecular formula is C26H41N5O. The molecule has 4 rings (SSSR count). The van der Waals surface area contributed by atoms with Gasteiger partial charge in [0.25, 0.3) is 0 Å². The Morgan fingerprint density at radius 1 is 0.969 bits per heavy atom. The molecule has 1 aromatic carbocycles. The molecule has 2 heterocycles. The Morgan fingerprint density at radius 2 is 1.66 bits per heavy atom. The maximum absolute atomic E-state index is 12.7. The van der Waals surface area contributed by atoms with Crippen molar-refractivity contribution in [1.29, 1.82) is 0 Å². The summed E-state index contributed by atoms with van der Waals surface area (Å²) in [6, 6.07) is 12.0. The molecule has 0 atom stereocenters. The van der Waals surface area contributed by atoms with E-state index >= 15 is 0 Å². The van der Waals surface area contributed by atoms with Crippen molar-refractivity contribution in [3.63, 3.8) is 0 Å². The third-order valence-electron chi connectivity index (χ3n) is 7.68. The highest BCUT2D eigenvalue weighted by atomic mass is 16.2. The van der Waals surface area contributed by atoms with E-state index in [9.17, 15) is 4.79 Å². The van der Waals surface area contributed by atoms with E-state index in [0.29, 0.717) is 18.5 Å². The second-order valence-electron chi connectivity index (χ2n) is 9.83. The Labute approximate surface area is 193 Å². The van der Waals surface area contributed by atoms with Crippen LogP contribution in [0.25, 0.3) is 0 Å². The number of carbonyl (C=O) groups is 1. The van der Waals surface area contributed by atoms with E-state index in [4.69, 9.17) is 0 Å². The fourth-order valence-corrected chi connectivity index (χ4v) is 5.67. The zero-order valence-corrected chi connectivity index (χ0v) is 19.8. The number of amides is 1. The molecule has 6 heteroatoms. The molecule has 2 saturated heterocycles. The number of rotatable bonds is 6. The Morgan fingerprint density at radius 3 is 2.31 bits per heavy atom. The third kappa shape index (κ3) is 6.47. The molecule has 1 amide bonds. The topological polar surface area (TPSA) is 60.0 Å². The number of benzene rings is 1. The van der Waals surface area contributed by atoms with E-state index in [0.717, 1.165) is 57.2 Å². The van der Waals surface area contributed by atoms with E-state index < -0.39 is 0 Å². The summed E-state index contributed by atoms with van der Waals surface area (Å²) in [7, 11) is 1.79. The summed E-state index contributed by atoms with van der Waals surface area (Å²) >= 11 is 0. The maximum Gasteiger partial charge on any atom is 0.241 e. The molecule has 1 saturated carbocycles. The second kappa shape index (κ2) is 11.7. The first-order valence-electron chi connectivity index (χ1n) is 12.7. The Kier molecular flexibility index (Phi) is 8.43. The average Bonchev–Trinajstić information content (AvgIpc) is 3.38. The van der Waals surface area contributed by atoms with Crippen molar-refractivity contribution in [1.82, 2.24) is 20.4 Å². The normalized spacial score (nSPS) is 22.3. The van der Waals surface area contributed by atoms with Crippen LogP contribution in [0.15, 0.2) is 35.3 Å². The van der Waals surface area contributed by atoms with Crippen LogP contribution in [0.1, 0.15) is 56.9 Å². The number of piperidine rings is 2. The fourth-order valence-electron chi connectivity index (χ4n) is 5.67. The summed E-state index contributed by atoms with van der Waals surface area (Å²) in [5.74, 6) is 1.62. The minimum atomic E-state index is 0.183. The zero-order chi connectivity index (χ0) is 22.2. The van der Waals surface area contributed by atoms with Crippen molar-refractivity contribution in [2.24, 2.45) is 10.9 Å². The number of aliphatic imine (C=N–C) groups is 1. The summed E-state index contributed by atoms with van der Waals surface area (Å²) < 4.78 is 0. The first kappa shape index (κ1) is 23.1. The van der Waals surface area contributed by atoms with Crippen molar-refractivity contribution in [3.05, 3.63) is 35.9 Å². The lowest BCUT2D eigenvalue weighted by Crippen LogP contribution is -2.52. The van der Waals surface area contributed by atoms with Crippen LogP contribution in [0.5, 0.6) is 0 Å². The van der Waals surface area contributed by atoms with Gasteiger partial charge in [0.15, 0.2) is 5.96 Å². The van der Waals surface area contributed by atoms with Gasteiger partial charge in [-0.05, 0) is 56.4 Å². The Bertz CT molecular complexity index is 730. The highest BCUT2D eigenvalue weighted by molar-refractivity contribution is 5.86. The molecule has 2 N–H and O–H groups in total. The molecule has 1 aromatic rings. The van der Waals surface area contributed by atoms with Crippen molar-refractivity contribution in [2.75, 3.05) is 39.8 Å². The average molecular weight is 440 g/mol. The van der Waals surface area contributed by atoms with Crippen LogP contribution in [0, 0.1) is 5.92 Å². The first-order chi connectivity index (χ1) is 15.7. The van der Waals surface area contributed by atoms with Crippen LogP contribution >= 0.6 is 0 Å². The lowest BCUT2D eigenvalue weighted by atomic mass is 9.90. The van der Waals surface area contributed by atoms with Gasteiger partial charge in [0, 0.05) is 45.3 Å². The molecule has 176 valence electrons. The van der Waals surface area contributed by atoms with E-state index in [1.165, 1.54) is 44.3 Å². The zero-order valence-electron chi connectivity index (χ0n) is 19.8. The molecular weight excluding hydrogens is 398 g/mol. The van der Waals surface area contributed by atoms with Gasteiger partial charge in [-0.3, -0.25) is 9.79 Å². The van der Waals surface area contributed by atoms with Crippen LogP contribution in [0.4, 0.5) is 0 Å². The number of likely N-dealkylation sites (tertiary alicyclic amines) is 2. The molecule has 3 fully saturated rings. The number of nitrogens with zero attached hydrogens (tertiary/aromatic N) is 3. The lowest BCUT2D eigenvalue weighted by molar-refractivity contribution is -0.131. The number of hydrogen-bond acceptors (Lipinski definition) is 3. The van der Waals surface area contributed by atoms with Gasteiger partial charge < -0.3 is 20.4 Å². The van der Waals surface area contributed by atoms with Crippen LogP contribution < -0.4 is 10.6 Å². The minimum absolute atomic E-state index is 0.183. The van der Waals surface area contributed by atoms with Crippen LogP contribution in [-0.2, 0) is 11.2 Å². The summed E-state index contributed by atoms with van der Waals surface area (Å²) in [5.41, 5.74) is 1.41. The standard InChI is InChI=1S/C26H41N5O/c1-27-26(29-23-13-17-30(18-14-23)24-9-5-6-10-24)28-20-25(32)31-15-11-22(12-16-31)19-21-7-3-2-4-8-21/h2-4,7-8,22-24H,5-6,9-20H2,1H3,(H2,27,28,29). The summed E-state index contributed by atoms with van der Waals surface area (Å²) in [5, 5.41) is 6.82. The molecule has 0 radical (unpaired) electrons. The molecule has 0 aromatic heterocycles. The summed E-state index contributed by atoms with van der Waals surface area (Å²) in [6.07, 6.45) is 11.2. The highest BCUT2D eigenvalue weighted by Crippen LogP contribution is 2.26. The van der Waals surface area contributed by atoms with Gasteiger partial charge in [-0.15, -0.1) is 0 Å². The minimum Gasteiger partial charge on any atom is -0.354 e. The quantitative estimate of drug-likeness (QED) is 0.528. The van der Waals surface area contributed by atoms with Crippen molar-refractivity contribution in [2.45, 2.75) is 69.9 Å². The fraction of sp³-hybridized carbons (Fsp3) is 0.692. The molecule has 2 aliphatic heterocycles. The smallest absolute Gasteiger partial charge is 0.241 e. The molecule has 1 aliphatic carbocycles. The van der Waals surface area contributed by atoms with Gasteiger partial charge >= 0.3 is 0 Å². The van der Waals surface area contributed by atoms with Crippen molar-refractivity contribution >= 4 is 11.9 Å². The maximum atomic E-state index is 12.7. The monoisotopic (exact) mass is 439 g/mol. The highest BCUT2D eigenvalue weighted by Gasteiger charge is 2.28. The number of carbonyl (C=O) groups excluding carboxylic acids is 1. The van der Waals surface area contributed by atoms with E-state index in [1.807, 2.05) is 4.90 Å². The predicted octanol–water partition coefficient (Wildman–Crippen LogP) is 3.04. The van der Waals surface area contributed by atoms with E-state index in [2.05, 4.69) is 50.9 Å². The Balaban J connectivity index is 1.13. The number of hydrogen-bond donors (Lipinski definition) is 2. The van der Waals surface area contributed by atoms with Gasteiger partial charge in [-0.1, -0.05) is 43.2 Å². The predicted molar refractivity (Wildman–Crippen MR) is 131 cm³/mol. The number of guanidine groups is 1. The second-order valence-corrected chi connectivity index (χ2v) is 9.83. The molecule has 0 bridgehead atoms. The Hall–Kier alpha value is -2.08. The third-order valence-corrected chi connectivity index (χ3v) is 7.68. The summed E-state index contributed by atoms with van der Waals surface area (Å²) in [4.78, 5) is 21.8. The van der Waals surface area contributed by atoms with Gasteiger partial charge in [-0.2, -0.15) is 0 Å². The van der Waals surface area contributed by atoms with E-state index in [-0.39, 0.29) is 5.91 Å². The van der Waals surface area contributed by atoms with Gasteiger partial charge in [0.05, 0.1) is 6.54 Å². The summed E-state index contributed by atoms with van der Waals surface area (Å²) in [6.45, 7) is 4.41. The molecule has 0 unspecified atom stereocenters. The van der Waals surface area contributed by atoms with Crippen LogP contribution in [-0.4, -0.2) is 73.5 Å². The van der Waals surface area contributed by atoms with Gasteiger partial charge in [-0.25, -0.2) is 0 Å². The van der Waals surface area contributed by atoms with Gasteiger partial charge in [0.2, 0.25) is 5.91 Å². The van der Waals surface area contributed by atoms with E-state index in [1.54, 1.807) is 7.05 Å². The van der Waals surface area contributed by atoms with Crippen LogP contribution in [0.3, 0.4) is 0 Å². The van der Waals surface area contributed by atoms with Crippen molar-refractivity contribution in [3.8, 4) is 0 Å². The first-order valence-corrected chi connectivity index (χ1v) is 12.7. The SMILES string of the molecule is CN=C(NCC(=O)N1CCC(Cc2ccccc2)CC1)NC1CCN(C2CCCC2)CC1. The van der Waals surface area contributed by atoms with Gasteiger partial charge in [0.1, 0.15) is 0 Å². The lowest BCUT2D eigenvalue weighted by Gasteiger charge is -2.36. The molecule has 0 spiro atoms. The largest absolute Gasteiger partial charge is 0.354 e. The molecule has 3 aliphatic rings. The molecule has 6 nitrogen and oxygen atoms in total. The van der Waals surface area contributed by atoms with Crippen molar-refractivity contribution < 1.29 is 4.79 Å². The molecule has 32 heavy (non-hydrogen) atoms. The number of nitrogens with one attached hydrogen (secondary N) is 2.